The van der Waals surface area contributed by atoms with E-state index in [4.69, 9.17) is 4.74 Å². The second kappa shape index (κ2) is 4.79. The normalized spacial score (nSPS) is 12.8. The molecule has 0 amide bonds. The van der Waals surface area contributed by atoms with Gasteiger partial charge in [0.15, 0.2) is 5.01 Å². The molecule has 0 aromatic rings. The number of carbonyl (C=O) groups excluding carboxylic acids is 1. The summed E-state index contributed by atoms with van der Waals surface area (Å²) in [7, 11) is 0. The van der Waals surface area contributed by atoms with Gasteiger partial charge >= 0.3 is 5.97 Å². The standard InChI is InChI=1S/C6H11BrO2/c1-3-4-6(7)9-5(2)8/h6H,3-4H2,1-2H3. The maximum atomic E-state index is 10.3. The van der Waals surface area contributed by atoms with Crippen LogP contribution in [0.2, 0.25) is 0 Å². The van der Waals surface area contributed by atoms with Crippen LogP contribution in [-0.4, -0.2) is 11.0 Å². The van der Waals surface area contributed by atoms with E-state index in [1.54, 1.807) is 0 Å². The van der Waals surface area contributed by atoms with Crippen molar-refractivity contribution in [2.45, 2.75) is 31.7 Å². The largest absolute Gasteiger partial charge is 0.451 e. The van der Waals surface area contributed by atoms with Gasteiger partial charge in [-0.05, 0) is 22.4 Å². The summed E-state index contributed by atoms with van der Waals surface area (Å²) in [6, 6.07) is 0. The summed E-state index contributed by atoms with van der Waals surface area (Å²) in [6.07, 6.45) is 1.89. The zero-order valence-electron chi connectivity index (χ0n) is 5.69. The van der Waals surface area contributed by atoms with Gasteiger partial charge in [0, 0.05) is 6.92 Å². The third kappa shape index (κ3) is 5.83. The predicted molar refractivity (Wildman–Crippen MR) is 39.4 cm³/mol. The molecular weight excluding hydrogens is 184 g/mol. The smallest absolute Gasteiger partial charge is 0.303 e. The van der Waals surface area contributed by atoms with E-state index in [1.165, 1.54) is 6.92 Å². The summed E-state index contributed by atoms with van der Waals surface area (Å²) in [5.74, 6) is -0.231. The minimum Gasteiger partial charge on any atom is -0.451 e. The fraction of sp³-hybridized carbons (Fsp3) is 0.833. The van der Waals surface area contributed by atoms with Crippen LogP contribution in [0.1, 0.15) is 26.7 Å². The highest BCUT2D eigenvalue weighted by Gasteiger charge is 2.03. The van der Waals surface area contributed by atoms with Crippen LogP contribution in [0.15, 0.2) is 0 Å². The lowest BCUT2D eigenvalue weighted by atomic mass is 10.4. The molecule has 0 bridgehead atoms. The average Bonchev–Trinajstić information content (AvgIpc) is 1.63. The Labute approximate surface area is 63.7 Å². The van der Waals surface area contributed by atoms with E-state index in [9.17, 15) is 4.79 Å². The molecule has 1 unspecified atom stereocenters. The summed E-state index contributed by atoms with van der Waals surface area (Å²) in [4.78, 5) is 10.3. The molecule has 0 aliphatic rings. The summed E-state index contributed by atoms with van der Waals surface area (Å²) >= 11 is 3.20. The molecule has 0 radical (unpaired) electrons. The first-order valence-electron chi connectivity index (χ1n) is 2.98. The van der Waals surface area contributed by atoms with Gasteiger partial charge in [-0.15, -0.1) is 0 Å². The highest BCUT2D eigenvalue weighted by molar-refractivity contribution is 9.09. The van der Waals surface area contributed by atoms with Crippen LogP contribution in [-0.2, 0) is 9.53 Å². The summed E-state index contributed by atoms with van der Waals surface area (Å²) < 4.78 is 4.77. The molecule has 0 heterocycles. The van der Waals surface area contributed by atoms with E-state index in [2.05, 4.69) is 15.9 Å². The highest BCUT2D eigenvalue weighted by Crippen LogP contribution is 2.08. The molecule has 0 rings (SSSR count). The van der Waals surface area contributed by atoms with Gasteiger partial charge in [-0.3, -0.25) is 4.79 Å². The first-order chi connectivity index (χ1) is 4.16. The quantitative estimate of drug-likeness (QED) is 0.509. The van der Waals surface area contributed by atoms with Crippen LogP contribution >= 0.6 is 15.9 Å². The van der Waals surface area contributed by atoms with E-state index < -0.39 is 0 Å². The Balaban J connectivity index is 3.26. The Morgan fingerprint density at radius 3 is 2.67 bits per heavy atom. The molecule has 0 spiro atoms. The van der Waals surface area contributed by atoms with Crippen molar-refractivity contribution in [2.24, 2.45) is 0 Å². The molecule has 0 aromatic carbocycles. The van der Waals surface area contributed by atoms with Gasteiger partial charge in [0.2, 0.25) is 0 Å². The molecule has 0 fully saturated rings. The first-order valence-corrected chi connectivity index (χ1v) is 3.89. The summed E-state index contributed by atoms with van der Waals surface area (Å²) in [5, 5.41) is -0.0972. The number of hydrogen-bond acceptors (Lipinski definition) is 2. The second-order valence-electron chi connectivity index (χ2n) is 1.81. The van der Waals surface area contributed by atoms with E-state index in [0.29, 0.717) is 0 Å². The van der Waals surface area contributed by atoms with Crippen LogP contribution < -0.4 is 0 Å². The zero-order chi connectivity index (χ0) is 7.28. The molecular formula is C6H11BrO2. The van der Waals surface area contributed by atoms with Gasteiger partial charge in [0.1, 0.15) is 0 Å². The molecule has 54 valence electrons. The highest BCUT2D eigenvalue weighted by atomic mass is 79.9. The van der Waals surface area contributed by atoms with Crippen molar-refractivity contribution in [1.29, 1.82) is 0 Å². The van der Waals surface area contributed by atoms with Crippen LogP contribution in [0.3, 0.4) is 0 Å². The fourth-order valence-corrected chi connectivity index (χ4v) is 1.19. The minimum absolute atomic E-state index is 0.0972. The van der Waals surface area contributed by atoms with Crippen molar-refractivity contribution in [1.82, 2.24) is 0 Å². The number of esters is 1. The number of ether oxygens (including phenoxy) is 1. The molecule has 0 saturated carbocycles. The van der Waals surface area contributed by atoms with Crippen molar-refractivity contribution in [3.8, 4) is 0 Å². The Morgan fingerprint density at radius 1 is 1.78 bits per heavy atom. The van der Waals surface area contributed by atoms with Crippen molar-refractivity contribution >= 4 is 21.9 Å². The van der Waals surface area contributed by atoms with E-state index in [-0.39, 0.29) is 11.0 Å². The van der Waals surface area contributed by atoms with E-state index in [1.807, 2.05) is 6.92 Å². The molecule has 0 aliphatic heterocycles. The van der Waals surface area contributed by atoms with Gasteiger partial charge in [-0.1, -0.05) is 13.3 Å². The molecule has 0 saturated heterocycles. The maximum absolute atomic E-state index is 10.3. The summed E-state index contributed by atoms with van der Waals surface area (Å²) in [6.45, 7) is 3.45. The molecule has 3 heteroatoms. The lowest BCUT2D eigenvalue weighted by Crippen LogP contribution is -2.07. The molecule has 2 nitrogen and oxygen atoms in total. The van der Waals surface area contributed by atoms with Gasteiger partial charge in [0.25, 0.3) is 0 Å². The molecule has 0 N–H and O–H groups in total. The predicted octanol–water partition coefficient (Wildman–Crippen LogP) is 2.07. The Morgan fingerprint density at radius 2 is 2.33 bits per heavy atom. The Bertz CT molecular complexity index is 93.1. The monoisotopic (exact) mass is 194 g/mol. The topological polar surface area (TPSA) is 26.3 Å². The van der Waals surface area contributed by atoms with E-state index >= 15 is 0 Å². The Hall–Kier alpha value is -0.0500. The molecule has 0 aromatic heterocycles. The van der Waals surface area contributed by atoms with Crippen molar-refractivity contribution in [2.75, 3.05) is 0 Å². The second-order valence-corrected chi connectivity index (χ2v) is 2.83. The van der Waals surface area contributed by atoms with E-state index in [0.717, 1.165) is 12.8 Å². The van der Waals surface area contributed by atoms with Gasteiger partial charge in [-0.25, -0.2) is 0 Å². The SMILES string of the molecule is CCCC(Br)OC(C)=O. The van der Waals surface area contributed by atoms with Crippen molar-refractivity contribution in [3.05, 3.63) is 0 Å². The van der Waals surface area contributed by atoms with Gasteiger partial charge in [0.05, 0.1) is 0 Å². The lowest BCUT2D eigenvalue weighted by Gasteiger charge is -2.06. The number of rotatable bonds is 3. The van der Waals surface area contributed by atoms with Crippen molar-refractivity contribution in [3.63, 3.8) is 0 Å². The zero-order valence-corrected chi connectivity index (χ0v) is 7.27. The van der Waals surface area contributed by atoms with Crippen LogP contribution in [0.25, 0.3) is 0 Å². The van der Waals surface area contributed by atoms with Crippen molar-refractivity contribution < 1.29 is 9.53 Å². The maximum Gasteiger partial charge on any atom is 0.303 e. The third-order valence-electron chi connectivity index (χ3n) is 0.809. The third-order valence-corrected chi connectivity index (χ3v) is 1.45. The number of halogens is 1. The number of carbonyl (C=O) groups is 1. The van der Waals surface area contributed by atoms with Gasteiger partial charge < -0.3 is 4.74 Å². The summed E-state index contributed by atoms with van der Waals surface area (Å²) in [5.41, 5.74) is 0. The minimum atomic E-state index is -0.231. The fourth-order valence-electron chi connectivity index (χ4n) is 0.466. The van der Waals surface area contributed by atoms with Crippen LogP contribution in [0.5, 0.6) is 0 Å². The van der Waals surface area contributed by atoms with Crippen LogP contribution in [0, 0.1) is 0 Å². The molecule has 0 aliphatic carbocycles. The molecule has 9 heavy (non-hydrogen) atoms. The Kier molecular flexibility index (Phi) is 4.77. The first kappa shape index (κ1) is 8.95. The van der Waals surface area contributed by atoms with Gasteiger partial charge in [-0.2, -0.15) is 0 Å². The lowest BCUT2D eigenvalue weighted by molar-refractivity contribution is -0.142. The van der Waals surface area contributed by atoms with Crippen LogP contribution in [0.4, 0.5) is 0 Å². The number of hydrogen-bond donors (Lipinski definition) is 0. The molecule has 1 atom stereocenters. The number of alkyl halides is 1. The average molecular weight is 195 g/mol.